The number of carbonyl (C=O) groups excluding carboxylic acids is 2. The van der Waals surface area contributed by atoms with Crippen molar-refractivity contribution in [2.45, 2.75) is 23.2 Å². The standard InChI is InChI=1S/C18H18Cl3NO3/c1-11(23)14-7-13-9-22(17(24)25-10-18(19,20)21)16(14)8-15(13)12-5-3-2-4-6-12/h2-6,8,13-14,16H,7,9-10H2,1H3. The van der Waals surface area contributed by atoms with E-state index in [1.807, 2.05) is 36.4 Å². The van der Waals surface area contributed by atoms with Crippen molar-refractivity contribution in [3.63, 3.8) is 0 Å². The maximum atomic E-state index is 12.4. The number of halogens is 3. The molecule has 4 rings (SSSR count). The number of carbonyl (C=O) groups is 2. The molecule has 0 N–H and O–H groups in total. The quantitative estimate of drug-likeness (QED) is 0.700. The number of rotatable bonds is 3. The van der Waals surface area contributed by atoms with Gasteiger partial charge >= 0.3 is 6.09 Å². The van der Waals surface area contributed by atoms with Gasteiger partial charge in [0.2, 0.25) is 3.79 Å². The highest BCUT2D eigenvalue weighted by Crippen LogP contribution is 2.43. The Kier molecular flexibility index (Phi) is 5.33. The smallest absolute Gasteiger partial charge is 0.410 e. The Bertz CT molecular complexity index is 699. The summed E-state index contributed by atoms with van der Waals surface area (Å²) in [6, 6.07) is 9.67. The van der Waals surface area contributed by atoms with Crippen LogP contribution in [0.15, 0.2) is 36.4 Å². The minimum Gasteiger partial charge on any atom is -0.445 e. The van der Waals surface area contributed by atoms with Gasteiger partial charge in [0, 0.05) is 18.4 Å². The van der Waals surface area contributed by atoms with Crippen LogP contribution in [0.2, 0.25) is 0 Å². The van der Waals surface area contributed by atoms with Crippen LogP contribution in [0.4, 0.5) is 4.79 Å². The number of Topliss-reactive ketones (excluding diaryl/α,β-unsaturated/α-hetero) is 1. The molecule has 2 aliphatic heterocycles. The average molecular weight is 403 g/mol. The molecule has 25 heavy (non-hydrogen) atoms. The molecule has 1 aliphatic carbocycles. The molecule has 2 bridgehead atoms. The number of ether oxygens (including phenoxy) is 1. The van der Waals surface area contributed by atoms with E-state index in [9.17, 15) is 9.59 Å². The number of nitrogens with zero attached hydrogens (tertiary/aromatic N) is 1. The van der Waals surface area contributed by atoms with Crippen LogP contribution >= 0.6 is 34.8 Å². The van der Waals surface area contributed by atoms with Crippen LogP contribution in [0.25, 0.3) is 5.57 Å². The second-order valence-corrected chi connectivity index (χ2v) is 8.97. The summed E-state index contributed by atoms with van der Waals surface area (Å²) < 4.78 is 3.46. The molecule has 3 unspecified atom stereocenters. The van der Waals surface area contributed by atoms with Gasteiger partial charge in [0.1, 0.15) is 12.4 Å². The molecule has 1 aromatic carbocycles. The molecule has 4 nitrogen and oxygen atoms in total. The van der Waals surface area contributed by atoms with E-state index in [2.05, 4.69) is 0 Å². The van der Waals surface area contributed by atoms with E-state index < -0.39 is 9.89 Å². The van der Waals surface area contributed by atoms with Crippen molar-refractivity contribution in [1.29, 1.82) is 0 Å². The number of fused-ring (bicyclic) bond motifs is 2. The first-order valence-electron chi connectivity index (χ1n) is 8.04. The topological polar surface area (TPSA) is 46.6 Å². The van der Waals surface area contributed by atoms with E-state index in [-0.39, 0.29) is 30.3 Å². The summed E-state index contributed by atoms with van der Waals surface area (Å²) in [5.74, 6) is -0.0784. The number of alkyl halides is 3. The largest absolute Gasteiger partial charge is 0.445 e. The normalized spacial score (nSPS) is 25.5. The molecule has 3 atom stereocenters. The van der Waals surface area contributed by atoms with E-state index in [1.54, 1.807) is 11.8 Å². The Morgan fingerprint density at radius 1 is 1.24 bits per heavy atom. The van der Waals surface area contributed by atoms with Crippen LogP contribution in [0.5, 0.6) is 0 Å². The van der Waals surface area contributed by atoms with Gasteiger partial charge in [0.15, 0.2) is 0 Å². The van der Waals surface area contributed by atoms with Gasteiger partial charge in [-0.1, -0.05) is 71.2 Å². The lowest BCUT2D eigenvalue weighted by Crippen LogP contribution is -2.55. The van der Waals surface area contributed by atoms with Crippen LogP contribution in [0.3, 0.4) is 0 Å². The molecule has 1 saturated heterocycles. The lowest BCUT2D eigenvalue weighted by Gasteiger charge is -2.47. The molecule has 3 aliphatic rings. The predicted octanol–water partition coefficient (Wildman–Crippen LogP) is 4.49. The molecule has 134 valence electrons. The van der Waals surface area contributed by atoms with Gasteiger partial charge in [-0.15, -0.1) is 0 Å². The molecular weight excluding hydrogens is 385 g/mol. The monoisotopic (exact) mass is 401 g/mol. The van der Waals surface area contributed by atoms with Crippen LogP contribution in [-0.4, -0.2) is 39.8 Å². The first-order valence-corrected chi connectivity index (χ1v) is 9.17. The lowest BCUT2D eigenvalue weighted by atomic mass is 9.70. The third kappa shape index (κ3) is 4.13. The molecule has 0 saturated carbocycles. The second-order valence-electron chi connectivity index (χ2n) is 6.45. The van der Waals surface area contributed by atoms with Crippen molar-refractivity contribution in [1.82, 2.24) is 4.90 Å². The number of hydrogen-bond donors (Lipinski definition) is 0. The van der Waals surface area contributed by atoms with Gasteiger partial charge in [-0.25, -0.2) is 4.79 Å². The summed E-state index contributed by atoms with van der Waals surface area (Å²) in [5, 5.41) is 0. The molecule has 1 aromatic rings. The highest BCUT2D eigenvalue weighted by molar-refractivity contribution is 6.67. The fraction of sp³-hybridized carbons (Fsp3) is 0.444. The fourth-order valence-corrected chi connectivity index (χ4v) is 3.80. The molecular formula is C18H18Cl3NO3. The molecule has 1 fully saturated rings. The summed E-state index contributed by atoms with van der Waals surface area (Å²) in [6.07, 6.45) is 2.18. The summed E-state index contributed by atoms with van der Waals surface area (Å²) in [6.45, 7) is 1.73. The van der Waals surface area contributed by atoms with Gasteiger partial charge < -0.3 is 9.64 Å². The summed E-state index contributed by atoms with van der Waals surface area (Å²) >= 11 is 16.9. The van der Waals surface area contributed by atoms with E-state index >= 15 is 0 Å². The number of ketones is 1. The van der Waals surface area contributed by atoms with Crippen molar-refractivity contribution in [2.24, 2.45) is 11.8 Å². The highest BCUT2D eigenvalue weighted by Gasteiger charge is 2.46. The Morgan fingerprint density at radius 2 is 1.92 bits per heavy atom. The average Bonchev–Trinajstić information content (AvgIpc) is 2.59. The summed E-state index contributed by atoms with van der Waals surface area (Å²) in [7, 11) is 0. The summed E-state index contributed by atoms with van der Waals surface area (Å²) in [5.41, 5.74) is 2.29. The zero-order valence-corrected chi connectivity index (χ0v) is 15.9. The van der Waals surface area contributed by atoms with Crippen molar-refractivity contribution >= 4 is 52.3 Å². The molecule has 0 aromatic heterocycles. The van der Waals surface area contributed by atoms with Crippen molar-refractivity contribution in [3.05, 3.63) is 42.0 Å². The van der Waals surface area contributed by atoms with Crippen LogP contribution < -0.4 is 0 Å². The minimum absolute atomic E-state index is 0.0669. The predicted molar refractivity (Wildman–Crippen MR) is 98.8 cm³/mol. The van der Waals surface area contributed by atoms with E-state index in [0.29, 0.717) is 6.54 Å². The first-order chi connectivity index (χ1) is 11.8. The van der Waals surface area contributed by atoms with Gasteiger partial charge in [0.25, 0.3) is 0 Å². The van der Waals surface area contributed by atoms with E-state index in [1.165, 1.54) is 5.57 Å². The van der Waals surface area contributed by atoms with E-state index in [0.717, 1.165) is 12.0 Å². The SMILES string of the molecule is CC(=O)C1CC2CN(C(=O)OCC(Cl)(Cl)Cl)C1C=C2c1ccccc1. The third-order valence-electron chi connectivity index (χ3n) is 4.74. The molecule has 2 heterocycles. The minimum atomic E-state index is -1.66. The van der Waals surface area contributed by atoms with Crippen LogP contribution in [-0.2, 0) is 9.53 Å². The Hall–Kier alpha value is -1.23. The van der Waals surface area contributed by atoms with Crippen molar-refractivity contribution in [3.8, 4) is 0 Å². The lowest BCUT2D eigenvalue weighted by molar-refractivity contribution is -0.124. The Balaban J connectivity index is 1.85. The maximum Gasteiger partial charge on any atom is 0.410 e. The highest BCUT2D eigenvalue weighted by atomic mass is 35.6. The van der Waals surface area contributed by atoms with Crippen molar-refractivity contribution < 1.29 is 14.3 Å². The number of amides is 1. The second kappa shape index (κ2) is 7.18. The number of hydrogen-bond acceptors (Lipinski definition) is 3. The first kappa shape index (κ1) is 18.6. The zero-order chi connectivity index (χ0) is 18.2. The van der Waals surface area contributed by atoms with Gasteiger partial charge in [-0.3, -0.25) is 4.79 Å². The van der Waals surface area contributed by atoms with E-state index in [4.69, 9.17) is 39.5 Å². The third-order valence-corrected chi connectivity index (χ3v) is 5.07. The van der Waals surface area contributed by atoms with Gasteiger partial charge in [-0.2, -0.15) is 0 Å². The maximum absolute atomic E-state index is 12.4. The Morgan fingerprint density at radius 3 is 2.48 bits per heavy atom. The number of piperidine rings is 1. The molecule has 7 heteroatoms. The molecule has 0 radical (unpaired) electrons. The van der Waals surface area contributed by atoms with Gasteiger partial charge in [-0.05, 0) is 24.5 Å². The zero-order valence-electron chi connectivity index (χ0n) is 13.6. The summed E-state index contributed by atoms with van der Waals surface area (Å²) in [4.78, 5) is 26.1. The number of benzene rings is 1. The molecule has 0 spiro atoms. The fourth-order valence-electron chi connectivity index (χ4n) is 3.64. The van der Waals surface area contributed by atoms with Crippen LogP contribution in [0.1, 0.15) is 18.9 Å². The Labute approximate surface area is 161 Å². The van der Waals surface area contributed by atoms with Crippen molar-refractivity contribution in [2.75, 3.05) is 13.2 Å². The van der Waals surface area contributed by atoms with Crippen LogP contribution in [0, 0.1) is 11.8 Å². The van der Waals surface area contributed by atoms with Gasteiger partial charge in [0.05, 0.1) is 6.04 Å². The molecule has 1 amide bonds.